The Kier molecular flexibility index (Phi) is 7.27. The van der Waals surface area contributed by atoms with Crippen molar-refractivity contribution in [3.8, 4) is 5.75 Å². The topological polar surface area (TPSA) is 96.5 Å². The number of nitrogens with zero attached hydrogens (tertiary/aromatic N) is 3. The lowest BCUT2D eigenvalue weighted by molar-refractivity contribution is -0.385. The zero-order valence-corrected chi connectivity index (χ0v) is 15.9. The van der Waals surface area contributed by atoms with Gasteiger partial charge in [0.1, 0.15) is 18.6 Å². The van der Waals surface area contributed by atoms with Crippen molar-refractivity contribution < 1.29 is 36.8 Å². The number of aromatic nitrogens is 2. The lowest BCUT2D eigenvalue weighted by Crippen LogP contribution is -2.32. The molecule has 0 aliphatic carbocycles. The van der Waals surface area contributed by atoms with Crippen LogP contribution in [0, 0.1) is 10.1 Å². The van der Waals surface area contributed by atoms with Gasteiger partial charge < -0.3 is 9.47 Å². The molecule has 0 amide bonds. The molecule has 0 saturated heterocycles. The van der Waals surface area contributed by atoms with Crippen LogP contribution < -0.4 is 4.74 Å². The number of carbonyl (C=O) groups excluding carboxylic acids is 1. The summed E-state index contributed by atoms with van der Waals surface area (Å²) in [5.74, 6) is -4.74. The number of ketones is 1. The van der Waals surface area contributed by atoms with Gasteiger partial charge >= 0.3 is 18.0 Å². The van der Waals surface area contributed by atoms with Gasteiger partial charge in [-0.15, -0.1) is 0 Å². The van der Waals surface area contributed by atoms with Crippen molar-refractivity contribution in [2.24, 2.45) is 7.05 Å². The average Bonchev–Trinajstić information content (AvgIpc) is 3.08. The smallest absolute Gasteiger partial charge is 0.330 e. The van der Waals surface area contributed by atoms with E-state index in [0.717, 1.165) is 17.0 Å². The number of ether oxygens (including phenoxy) is 2. The minimum atomic E-state index is -4.28. The molecule has 162 valence electrons. The van der Waals surface area contributed by atoms with Crippen molar-refractivity contribution in [2.45, 2.75) is 19.0 Å². The Morgan fingerprint density at radius 2 is 2.10 bits per heavy atom. The van der Waals surface area contributed by atoms with Gasteiger partial charge in [0.05, 0.1) is 18.6 Å². The number of rotatable bonds is 10. The lowest BCUT2D eigenvalue weighted by atomic mass is 10.1. The Hall–Kier alpha value is -3.28. The molecule has 8 nitrogen and oxygen atoms in total. The molecular weight excluding hydrogens is 414 g/mol. The van der Waals surface area contributed by atoms with Crippen molar-refractivity contribution in [3.63, 3.8) is 0 Å². The van der Waals surface area contributed by atoms with Gasteiger partial charge in [-0.1, -0.05) is 12.1 Å². The molecule has 0 bridgehead atoms. The third-order valence-electron chi connectivity index (χ3n) is 3.84. The normalized spacial score (nSPS) is 12.0. The molecule has 2 rings (SSSR count). The van der Waals surface area contributed by atoms with E-state index in [9.17, 15) is 32.5 Å². The molecular formula is C18H17F4N3O5. The summed E-state index contributed by atoms with van der Waals surface area (Å²) in [6.45, 7) is -1.91. The summed E-state index contributed by atoms with van der Waals surface area (Å²) in [7, 11) is 2.76. The first-order valence-corrected chi connectivity index (χ1v) is 8.36. The molecule has 0 radical (unpaired) electrons. The number of benzene rings is 1. The molecule has 12 heteroatoms. The van der Waals surface area contributed by atoms with E-state index < -0.39 is 42.0 Å². The zero-order valence-electron chi connectivity index (χ0n) is 15.9. The molecule has 1 heterocycles. The Morgan fingerprint density at radius 1 is 1.40 bits per heavy atom. The summed E-state index contributed by atoms with van der Waals surface area (Å²) in [5.41, 5.74) is -0.0936. The van der Waals surface area contributed by atoms with Crippen LogP contribution in [0.25, 0.3) is 6.08 Å². The van der Waals surface area contributed by atoms with Crippen LogP contribution in [-0.2, 0) is 18.4 Å². The third kappa shape index (κ3) is 5.63. The fraction of sp³-hybridized carbons (Fsp3) is 0.333. The quantitative estimate of drug-likeness (QED) is 0.187. The Labute approximate surface area is 167 Å². The second-order valence-corrected chi connectivity index (χ2v) is 6.12. The summed E-state index contributed by atoms with van der Waals surface area (Å²) < 4.78 is 61.2. The van der Waals surface area contributed by atoms with Crippen molar-refractivity contribution in [3.05, 3.63) is 57.4 Å². The van der Waals surface area contributed by atoms with Crippen molar-refractivity contribution in [2.75, 3.05) is 13.7 Å². The van der Waals surface area contributed by atoms with Crippen LogP contribution in [0.4, 0.5) is 23.2 Å². The largest absolute Gasteiger partial charge is 0.496 e. The highest BCUT2D eigenvalue weighted by Crippen LogP contribution is 2.26. The van der Waals surface area contributed by atoms with Gasteiger partial charge in [-0.05, 0) is 23.8 Å². The highest BCUT2D eigenvalue weighted by molar-refractivity contribution is 6.07. The lowest BCUT2D eigenvalue weighted by Gasteiger charge is -2.16. The monoisotopic (exact) mass is 431 g/mol. The van der Waals surface area contributed by atoms with Gasteiger partial charge in [-0.25, -0.2) is 8.78 Å². The number of hydrogen-bond donors (Lipinski definition) is 0. The maximum absolute atomic E-state index is 13.0. The molecule has 0 aliphatic rings. The number of aryl methyl sites for hydroxylation is 1. The molecule has 1 aromatic heterocycles. The van der Waals surface area contributed by atoms with Crippen LogP contribution in [0.3, 0.4) is 0 Å². The number of nitro groups is 1. The van der Waals surface area contributed by atoms with E-state index in [1.165, 1.54) is 38.4 Å². The van der Waals surface area contributed by atoms with Crippen LogP contribution >= 0.6 is 0 Å². The summed E-state index contributed by atoms with van der Waals surface area (Å²) in [6.07, 6.45) is -0.362. The summed E-state index contributed by atoms with van der Waals surface area (Å²) in [4.78, 5) is 22.5. The second kappa shape index (κ2) is 9.48. The first kappa shape index (κ1) is 23.0. The molecule has 2 aromatic rings. The molecule has 0 N–H and O–H groups in total. The summed E-state index contributed by atoms with van der Waals surface area (Å²) in [6, 6.07) is 4.44. The standard InChI is InChI=1S/C18H17F4N3O5/c1-24-8-13(25(27)28)16(23-24)14(26)5-3-11-4-6-15(29-2)12(7-11)9-30-10-18(21,22)17(19)20/h3-8,17H,9-10H2,1-2H3/b5-3+. The average molecular weight is 431 g/mol. The molecule has 1 aromatic carbocycles. The SMILES string of the molecule is COc1ccc(/C=C/C(=O)c2nn(C)cc2[N+](=O)[O-])cc1COCC(F)(F)C(F)F. The highest BCUT2D eigenvalue weighted by atomic mass is 19.3. The van der Waals surface area contributed by atoms with Crippen LogP contribution in [0.1, 0.15) is 21.6 Å². The van der Waals surface area contributed by atoms with E-state index in [4.69, 9.17) is 9.47 Å². The fourth-order valence-electron chi connectivity index (χ4n) is 2.41. The van der Waals surface area contributed by atoms with Gasteiger partial charge in [0.2, 0.25) is 11.5 Å². The van der Waals surface area contributed by atoms with Crippen molar-refractivity contribution >= 4 is 17.5 Å². The molecule has 0 aliphatic heterocycles. The molecule has 0 spiro atoms. The van der Waals surface area contributed by atoms with Crippen LogP contribution in [0.2, 0.25) is 0 Å². The Balaban J connectivity index is 2.16. The van der Waals surface area contributed by atoms with Crippen molar-refractivity contribution in [1.82, 2.24) is 9.78 Å². The van der Waals surface area contributed by atoms with Gasteiger partial charge in [0.25, 0.3) is 0 Å². The fourth-order valence-corrected chi connectivity index (χ4v) is 2.41. The van der Waals surface area contributed by atoms with E-state index in [-0.39, 0.29) is 17.0 Å². The maximum atomic E-state index is 13.0. The van der Waals surface area contributed by atoms with Crippen LogP contribution in [0.15, 0.2) is 30.5 Å². The second-order valence-electron chi connectivity index (χ2n) is 6.12. The van der Waals surface area contributed by atoms with E-state index in [0.29, 0.717) is 5.56 Å². The summed E-state index contributed by atoms with van der Waals surface area (Å²) in [5, 5.41) is 14.8. The number of allylic oxidation sites excluding steroid dienone is 1. The first-order chi connectivity index (χ1) is 14.0. The molecule has 0 fully saturated rings. The highest BCUT2D eigenvalue weighted by Gasteiger charge is 2.41. The van der Waals surface area contributed by atoms with Crippen LogP contribution in [-0.4, -0.2) is 46.6 Å². The van der Waals surface area contributed by atoms with E-state index in [2.05, 4.69) is 5.10 Å². The molecule has 0 atom stereocenters. The van der Waals surface area contributed by atoms with E-state index >= 15 is 0 Å². The van der Waals surface area contributed by atoms with Gasteiger partial charge in [0, 0.05) is 12.6 Å². The Bertz CT molecular complexity index is 959. The predicted molar refractivity (Wildman–Crippen MR) is 96.8 cm³/mol. The summed E-state index contributed by atoms with van der Waals surface area (Å²) >= 11 is 0. The first-order valence-electron chi connectivity index (χ1n) is 8.36. The van der Waals surface area contributed by atoms with E-state index in [1.807, 2.05) is 0 Å². The van der Waals surface area contributed by atoms with Crippen LogP contribution in [0.5, 0.6) is 5.75 Å². The van der Waals surface area contributed by atoms with E-state index in [1.54, 1.807) is 0 Å². The number of hydrogen-bond acceptors (Lipinski definition) is 6. The Morgan fingerprint density at radius 3 is 2.70 bits per heavy atom. The van der Waals surface area contributed by atoms with Gasteiger partial charge in [-0.2, -0.15) is 13.9 Å². The number of carbonyl (C=O) groups is 1. The third-order valence-corrected chi connectivity index (χ3v) is 3.84. The molecule has 0 unspecified atom stereocenters. The number of alkyl halides is 4. The van der Waals surface area contributed by atoms with Crippen molar-refractivity contribution in [1.29, 1.82) is 0 Å². The maximum Gasteiger partial charge on any atom is 0.330 e. The van der Waals surface area contributed by atoms with Gasteiger partial charge in [0.15, 0.2) is 0 Å². The molecule has 30 heavy (non-hydrogen) atoms. The number of halogens is 4. The zero-order chi connectivity index (χ0) is 22.5. The molecule has 0 saturated carbocycles. The minimum Gasteiger partial charge on any atom is -0.496 e. The van der Waals surface area contributed by atoms with Gasteiger partial charge in [-0.3, -0.25) is 19.6 Å². The minimum absolute atomic E-state index is 0.263. The number of methoxy groups -OCH3 is 1. The predicted octanol–water partition coefficient (Wildman–Crippen LogP) is 3.65.